The molecule has 1 aliphatic heterocycles. The minimum absolute atomic E-state index is 0.127. The molecule has 4 rings (SSSR count). The van der Waals surface area contributed by atoms with E-state index in [4.69, 9.17) is 9.47 Å². The molecule has 2 heterocycles. The van der Waals surface area contributed by atoms with E-state index in [-0.39, 0.29) is 11.8 Å². The highest BCUT2D eigenvalue weighted by atomic mass is 19.1. The third kappa shape index (κ3) is 3.12. The summed E-state index contributed by atoms with van der Waals surface area (Å²) in [7, 11) is 1.59. The smallest absolute Gasteiger partial charge is 0.321 e. The highest BCUT2D eigenvalue weighted by Gasteiger charge is 2.23. The third-order valence-corrected chi connectivity index (χ3v) is 4.50. The molecular formula is C20H18FN3O3. The lowest BCUT2D eigenvalue weighted by Crippen LogP contribution is -2.27. The van der Waals surface area contributed by atoms with Crippen LogP contribution in [0.15, 0.2) is 42.6 Å². The van der Waals surface area contributed by atoms with Crippen molar-refractivity contribution in [2.24, 2.45) is 0 Å². The van der Waals surface area contributed by atoms with Crippen molar-refractivity contribution in [2.45, 2.75) is 6.92 Å². The topological polar surface area (TPSA) is 63.7 Å². The Morgan fingerprint density at radius 3 is 2.78 bits per heavy atom. The van der Waals surface area contributed by atoms with Gasteiger partial charge in [0.15, 0.2) is 11.6 Å². The number of methoxy groups -OCH3 is 1. The second-order valence-corrected chi connectivity index (χ2v) is 6.25. The SMILES string of the molecule is COc1ccc2c(Oc3c(C)cc(N4CCNC4=O)cc3F)ccnc2c1. The van der Waals surface area contributed by atoms with Gasteiger partial charge in [0, 0.05) is 42.5 Å². The van der Waals surface area contributed by atoms with Gasteiger partial charge in [-0.1, -0.05) is 0 Å². The van der Waals surface area contributed by atoms with Crippen molar-refractivity contribution in [2.75, 3.05) is 25.1 Å². The first-order valence-electron chi connectivity index (χ1n) is 8.53. The summed E-state index contributed by atoms with van der Waals surface area (Å²) in [6, 6.07) is 9.95. The average molecular weight is 367 g/mol. The third-order valence-electron chi connectivity index (χ3n) is 4.50. The predicted molar refractivity (Wildman–Crippen MR) is 100 cm³/mol. The Morgan fingerprint density at radius 2 is 2.07 bits per heavy atom. The fourth-order valence-corrected chi connectivity index (χ4v) is 3.14. The van der Waals surface area contributed by atoms with Gasteiger partial charge in [0.1, 0.15) is 11.5 Å². The van der Waals surface area contributed by atoms with E-state index >= 15 is 0 Å². The van der Waals surface area contributed by atoms with Crippen LogP contribution in [-0.4, -0.2) is 31.2 Å². The lowest BCUT2D eigenvalue weighted by atomic mass is 10.1. The van der Waals surface area contributed by atoms with Crippen LogP contribution in [0, 0.1) is 12.7 Å². The molecule has 0 unspecified atom stereocenters. The van der Waals surface area contributed by atoms with E-state index in [0.29, 0.717) is 41.4 Å². The summed E-state index contributed by atoms with van der Waals surface area (Å²) in [4.78, 5) is 17.6. The molecule has 0 radical (unpaired) electrons. The van der Waals surface area contributed by atoms with Crippen molar-refractivity contribution < 1.29 is 18.7 Å². The van der Waals surface area contributed by atoms with Gasteiger partial charge in [-0.15, -0.1) is 0 Å². The molecule has 1 aliphatic rings. The van der Waals surface area contributed by atoms with Gasteiger partial charge in [0.2, 0.25) is 0 Å². The van der Waals surface area contributed by atoms with Crippen LogP contribution in [0.1, 0.15) is 5.56 Å². The Labute approximate surface area is 155 Å². The zero-order valence-corrected chi connectivity index (χ0v) is 15.0. The van der Waals surface area contributed by atoms with Gasteiger partial charge in [-0.3, -0.25) is 9.88 Å². The number of nitrogens with one attached hydrogen (secondary N) is 1. The van der Waals surface area contributed by atoms with Crippen molar-refractivity contribution in [1.82, 2.24) is 10.3 Å². The summed E-state index contributed by atoms with van der Waals surface area (Å²) in [6.07, 6.45) is 1.60. The van der Waals surface area contributed by atoms with E-state index in [2.05, 4.69) is 10.3 Å². The van der Waals surface area contributed by atoms with Crippen LogP contribution in [0.4, 0.5) is 14.9 Å². The molecule has 1 saturated heterocycles. The number of hydrogen-bond donors (Lipinski definition) is 1. The van der Waals surface area contributed by atoms with Gasteiger partial charge >= 0.3 is 6.03 Å². The molecule has 0 atom stereocenters. The lowest BCUT2D eigenvalue weighted by Gasteiger charge is -2.18. The molecule has 27 heavy (non-hydrogen) atoms. The number of hydrogen-bond acceptors (Lipinski definition) is 4. The van der Waals surface area contributed by atoms with Gasteiger partial charge < -0.3 is 14.8 Å². The summed E-state index contributed by atoms with van der Waals surface area (Å²) in [5.41, 5.74) is 1.80. The molecule has 1 fully saturated rings. The average Bonchev–Trinajstić information content (AvgIpc) is 3.10. The Balaban J connectivity index is 1.71. The number of halogens is 1. The van der Waals surface area contributed by atoms with Crippen LogP contribution in [0.5, 0.6) is 17.2 Å². The Morgan fingerprint density at radius 1 is 1.22 bits per heavy atom. The van der Waals surface area contributed by atoms with Gasteiger partial charge in [-0.05, 0) is 36.8 Å². The first kappa shape index (κ1) is 17.1. The molecule has 2 aromatic carbocycles. The molecule has 0 aliphatic carbocycles. The number of rotatable bonds is 4. The second kappa shape index (κ2) is 6.75. The quantitative estimate of drug-likeness (QED) is 0.757. The van der Waals surface area contributed by atoms with Gasteiger partial charge in [0.05, 0.1) is 12.6 Å². The van der Waals surface area contributed by atoms with E-state index in [0.717, 1.165) is 5.39 Å². The van der Waals surface area contributed by atoms with Crippen LogP contribution in [0.25, 0.3) is 10.9 Å². The molecule has 0 saturated carbocycles. The minimum atomic E-state index is -0.525. The first-order chi connectivity index (χ1) is 13.1. The molecule has 2 amide bonds. The maximum atomic E-state index is 14.8. The van der Waals surface area contributed by atoms with Crippen molar-refractivity contribution >= 4 is 22.6 Å². The number of carbonyl (C=O) groups excluding carboxylic acids is 1. The maximum Gasteiger partial charge on any atom is 0.321 e. The number of carbonyl (C=O) groups is 1. The van der Waals surface area contributed by atoms with Gasteiger partial charge in [-0.2, -0.15) is 0 Å². The van der Waals surface area contributed by atoms with E-state index in [1.807, 2.05) is 6.07 Å². The van der Waals surface area contributed by atoms with Crippen molar-refractivity contribution in [3.63, 3.8) is 0 Å². The summed E-state index contributed by atoms with van der Waals surface area (Å²) in [5, 5.41) is 3.46. The van der Waals surface area contributed by atoms with Crippen LogP contribution in [0.3, 0.4) is 0 Å². The highest BCUT2D eigenvalue weighted by Crippen LogP contribution is 2.35. The predicted octanol–water partition coefficient (Wildman–Crippen LogP) is 4.01. The first-order valence-corrected chi connectivity index (χ1v) is 8.53. The Hall–Kier alpha value is -3.35. The number of fused-ring (bicyclic) bond motifs is 1. The molecule has 138 valence electrons. The number of pyridine rings is 1. The highest BCUT2D eigenvalue weighted by molar-refractivity contribution is 5.94. The second-order valence-electron chi connectivity index (χ2n) is 6.25. The number of benzene rings is 2. The number of nitrogens with zero attached hydrogens (tertiary/aromatic N) is 2. The summed E-state index contributed by atoms with van der Waals surface area (Å²) in [6.45, 7) is 2.81. The number of aryl methyl sites for hydroxylation is 1. The summed E-state index contributed by atoms with van der Waals surface area (Å²) >= 11 is 0. The summed E-state index contributed by atoms with van der Waals surface area (Å²) in [5.74, 6) is 0.781. The molecule has 7 heteroatoms. The number of aromatic nitrogens is 1. The standard InChI is InChI=1S/C20H18FN3O3/c1-12-9-13(24-8-7-23-20(24)25)10-16(21)19(12)27-18-5-6-22-17-11-14(26-2)3-4-15(17)18/h3-6,9-11H,7-8H2,1-2H3,(H,23,25). The zero-order valence-electron chi connectivity index (χ0n) is 15.0. The molecule has 3 aromatic rings. The number of anilines is 1. The van der Waals surface area contributed by atoms with Crippen molar-refractivity contribution in [3.05, 3.63) is 54.0 Å². The van der Waals surface area contributed by atoms with E-state index < -0.39 is 5.82 Å². The number of ether oxygens (including phenoxy) is 2. The molecule has 6 nitrogen and oxygen atoms in total. The zero-order chi connectivity index (χ0) is 19.0. The molecule has 1 aromatic heterocycles. The van der Waals surface area contributed by atoms with E-state index in [9.17, 15) is 9.18 Å². The lowest BCUT2D eigenvalue weighted by molar-refractivity contribution is 0.252. The van der Waals surface area contributed by atoms with Crippen LogP contribution in [-0.2, 0) is 0 Å². The Bertz CT molecular complexity index is 1020. The van der Waals surface area contributed by atoms with Crippen LogP contribution >= 0.6 is 0 Å². The summed E-state index contributed by atoms with van der Waals surface area (Å²) < 4.78 is 25.9. The van der Waals surface area contributed by atoms with Gasteiger partial charge in [0.25, 0.3) is 0 Å². The fourth-order valence-electron chi connectivity index (χ4n) is 3.14. The minimum Gasteiger partial charge on any atom is -0.497 e. The number of amides is 2. The van der Waals surface area contributed by atoms with Crippen LogP contribution in [0.2, 0.25) is 0 Å². The number of urea groups is 1. The largest absolute Gasteiger partial charge is 0.497 e. The normalized spacial score (nSPS) is 13.7. The van der Waals surface area contributed by atoms with Crippen molar-refractivity contribution in [1.29, 1.82) is 0 Å². The van der Waals surface area contributed by atoms with E-state index in [1.54, 1.807) is 44.5 Å². The maximum absolute atomic E-state index is 14.8. The van der Waals surface area contributed by atoms with E-state index in [1.165, 1.54) is 11.0 Å². The van der Waals surface area contributed by atoms with Crippen molar-refractivity contribution in [3.8, 4) is 17.2 Å². The molecule has 0 bridgehead atoms. The van der Waals surface area contributed by atoms with Gasteiger partial charge in [-0.25, -0.2) is 9.18 Å². The Kier molecular flexibility index (Phi) is 4.27. The molecular weight excluding hydrogens is 349 g/mol. The van der Waals surface area contributed by atoms with Crippen LogP contribution < -0.4 is 19.7 Å². The monoisotopic (exact) mass is 367 g/mol. The molecule has 0 spiro atoms. The molecule has 1 N–H and O–H groups in total. The fraction of sp³-hybridized carbons (Fsp3) is 0.200.